The zero-order valence-electron chi connectivity index (χ0n) is 13.3. The minimum atomic E-state index is -0.618. The average Bonchev–Trinajstić information content (AvgIpc) is 3.11. The Morgan fingerprint density at radius 1 is 1.36 bits per heavy atom. The number of anilines is 2. The van der Waals surface area contributed by atoms with Crippen molar-refractivity contribution in [2.45, 2.75) is 12.5 Å². The van der Waals surface area contributed by atoms with E-state index in [0.717, 1.165) is 19.5 Å². The van der Waals surface area contributed by atoms with Crippen molar-refractivity contribution in [2.24, 2.45) is 0 Å². The lowest BCUT2D eigenvalue weighted by Crippen LogP contribution is -2.27. The highest BCUT2D eigenvalue weighted by Crippen LogP contribution is 2.24. The summed E-state index contributed by atoms with van der Waals surface area (Å²) in [7, 11) is 0. The molecule has 0 unspecified atom stereocenters. The van der Waals surface area contributed by atoms with Crippen LogP contribution >= 0.6 is 11.6 Å². The van der Waals surface area contributed by atoms with Gasteiger partial charge in [-0.1, -0.05) is 11.6 Å². The fourth-order valence-electron chi connectivity index (χ4n) is 2.57. The van der Waals surface area contributed by atoms with Gasteiger partial charge in [-0.25, -0.2) is 20.4 Å². The van der Waals surface area contributed by atoms with Gasteiger partial charge in [0.25, 0.3) is 5.91 Å². The van der Waals surface area contributed by atoms with E-state index in [2.05, 4.69) is 25.2 Å². The molecule has 0 bridgehead atoms. The van der Waals surface area contributed by atoms with E-state index in [-0.39, 0.29) is 6.04 Å². The lowest BCUT2D eigenvalue weighted by molar-refractivity contribution is -0.124. The Balaban J connectivity index is 1.62. The molecule has 0 saturated carbocycles. The number of pyridine rings is 1. The van der Waals surface area contributed by atoms with Gasteiger partial charge < -0.3 is 10.2 Å². The standard InChI is InChI=1S/C16H17ClN6O2/c17-13-8-11(2-3-14(24)22-25)9-20-15(13)21-12-4-7-23(10-12)16-18-5-1-6-19-16/h1-3,5-6,8-9,12,25H,4,7,10H2,(H,20,21)(H,22,24)/b3-2+/t12-/m1/s1. The molecule has 3 rings (SSSR count). The summed E-state index contributed by atoms with van der Waals surface area (Å²) in [5.41, 5.74) is 2.18. The van der Waals surface area contributed by atoms with Crippen molar-refractivity contribution in [3.8, 4) is 0 Å². The molecular formula is C16H17ClN6O2. The Morgan fingerprint density at radius 3 is 2.88 bits per heavy atom. The van der Waals surface area contributed by atoms with Gasteiger partial charge in [-0.15, -0.1) is 0 Å². The number of nitrogens with zero attached hydrogens (tertiary/aromatic N) is 4. The first-order valence-electron chi connectivity index (χ1n) is 7.72. The van der Waals surface area contributed by atoms with Crippen LogP contribution in [-0.2, 0) is 4.79 Å². The van der Waals surface area contributed by atoms with Gasteiger partial charge in [-0.05, 0) is 30.2 Å². The van der Waals surface area contributed by atoms with Gasteiger partial charge in [0.05, 0.1) is 5.02 Å². The van der Waals surface area contributed by atoms with Crippen LogP contribution in [0.1, 0.15) is 12.0 Å². The number of rotatable bonds is 5. The van der Waals surface area contributed by atoms with Gasteiger partial charge >= 0.3 is 0 Å². The summed E-state index contributed by atoms with van der Waals surface area (Å²) in [4.78, 5) is 25.9. The minimum absolute atomic E-state index is 0.190. The van der Waals surface area contributed by atoms with Crippen LogP contribution in [0.2, 0.25) is 5.02 Å². The summed E-state index contributed by atoms with van der Waals surface area (Å²) < 4.78 is 0. The zero-order valence-corrected chi connectivity index (χ0v) is 14.0. The van der Waals surface area contributed by atoms with Crippen molar-refractivity contribution in [3.05, 3.63) is 47.4 Å². The topological polar surface area (TPSA) is 103 Å². The predicted octanol–water partition coefficient (Wildman–Crippen LogP) is 1.73. The Kier molecular flexibility index (Phi) is 5.42. The Morgan fingerprint density at radius 2 is 2.16 bits per heavy atom. The van der Waals surface area contributed by atoms with E-state index in [1.54, 1.807) is 30.7 Å². The Labute approximate surface area is 149 Å². The van der Waals surface area contributed by atoms with Crippen molar-refractivity contribution in [1.82, 2.24) is 20.4 Å². The molecule has 1 fully saturated rings. The first kappa shape index (κ1) is 17.1. The van der Waals surface area contributed by atoms with Gasteiger partial charge in [0.2, 0.25) is 5.95 Å². The summed E-state index contributed by atoms with van der Waals surface area (Å²) >= 11 is 6.26. The van der Waals surface area contributed by atoms with E-state index >= 15 is 0 Å². The van der Waals surface area contributed by atoms with Crippen molar-refractivity contribution < 1.29 is 10.0 Å². The molecule has 1 aliphatic rings. The largest absolute Gasteiger partial charge is 0.364 e. The molecular weight excluding hydrogens is 344 g/mol. The second-order valence-electron chi connectivity index (χ2n) is 5.53. The van der Waals surface area contributed by atoms with Crippen molar-refractivity contribution in [2.75, 3.05) is 23.3 Å². The minimum Gasteiger partial charge on any atom is -0.364 e. The molecule has 8 nitrogen and oxygen atoms in total. The molecule has 2 aromatic rings. The highest BCUT2D eigenvalue weighted by atomic mass is 35.5. The molecule has 0 spiro atoms. The molecule has 3 N–H and O–H groups in total. The lowest BCUT2D eigenvalue weighted by atomic mass is 10.2. The number of hydroxylamine groups is 1. The molecule has 1 amide bonds. The number of carbonyl (C=O) groups excluding carboxylic acids is 1. The Hall–Kier alpha value is -2.71. The molecule has 1 aliphatic heterocycles. The molecule has 2 aromatic heterocycles. The third-order valence-corrected chi connectivity index (χ3v) is 4.05. The maximum atomic E-state index is 11.0. The highest BCUT2D eigenvalue weighted by molar-refractivity contribution is 6.33. The van der Waals surface area contributed by atoms with E-state index in [0.29, 0.717) is 22.4 Å². The van der Waals surface area contributed by atoms with Gasteiger partial charge in [0, 0.05) is 43.8 Å². The molecule has 0 aliphatic carbocycles. The third kappa shape index (κ3) is 4.43. The normalized spacial score (nSPS) is 17.0. The monoisotopic (exact) mass is 360 g/mol. The summed E-state index contributed by atoms with van der Waals surface area (Å²) in [5.74, 6) is 0.687. The summed E-state index contributed by atoms with van der Waals surface area (Å²) in [5, 5.41) is 12.2. The second kappa shape index (κ2) is 7.91. The van der Waals surface area contributed by atoms with Gasteiger partial charge in [0.15, 0.2) is 0 Å². The van der Waals surface area contributed by atoms with E-state index in [9.17, 15) is 4.79 Å². The van der Waals surface area contributed by atoms with E-state index in [1.807, 2.05) is 0 Å². The van der Waals surface area contributed by atoms with Crippen LogP contribution < -0.4 is 15.7 Å². The lowest BCUT2D eigenvalue weighted by Gasteiger charge is -2.17. The molecule has 9 heteroatoms. The van der Waals surface area contributed by atoms with Crippen molar-refractivity contribution in [3.63, 3.8) is 0 Å². The molecule has 1 saturated heterocycles. The molecule has 0 aromatic carbocycles. The summed E-state index contributed by atoms with van der Waals surface area (Å²) in [6.45, 7) is 1.62. The number of aromatic nitrogens is 3. The van der Waals surface area contributed by atoms with Gasteiger partial charge in [-0.2, -0.15) is 0 Å². The maximum absolute atomic E-state index is 11.0. The van der Waals surface area contributed by atoms with Crippen molar-refractivity contribution >= 4 is 35.4 Å². The molecule has 1 atom stereocenters. The predicted molar refractivity (Wildman–Crippen MR) is 94.5 cm³/mol. The quantitative estimate of drug-likeness (QED) is 0.424. The third-order valence-electron chi connectivity index (χ3n) is 3.76. The van der Waals surface area contributed by atoms with Crippen LogP contribution in [0.25, 0.3) is 6.08 Å². The Bertz CT molecular complexity index is 770. The smallest absolute Gasteiger partial charge is 0.267 e. The first-order valence-corrected chi connectivity index (χ1v) is 8.09. The van der Waals surface area contributed by atoms with Crippen LogP contribution in [0.3, 0.4) is 0 Å². The molecule has 130 valence electrons. The number of carbonyl (C=O) groups is 1. The van der Waals surface area contributed by atoms with Crippen LogP contribution in [0, 0.1) is 0 Å². The van der Waals surface area contributed by atoms with Crippen LogP contribution in [0.15, 0.2) is 36.8 Å². The van der Waals surface area contributed by atoms with Crippen LogP contribution in [0.5, 0.6) is 0 Å². The number of halogens is 1. The number of nitrogens with one attached hydrogen (secondary N) is 2. The first-order chi connectivity index (χ1) is 12.2. The number of hydrogen-bond donors (Lipinski definition) is 3. The maximum Gasteiger partial charge on any atom is 0.267 e. The van der Waals surface area contributed by atoms with Crippen LogP contribution in [0.4, 0.5) is 11.8 Å². The van der Waals surface area contributed by atoms with Gasteiger partial charge in [0.1, 0.15) is 5.82 Å². The van der Waals surface area contributed by atoms with Gasteiger partial charge in [-0.3, -0.25) is 10.0 Å². The number of hydrogen-bond acceptors (Lipinski definition) is 7. The van der Waals surface area contributed by atoms with E-state index in [1.165, 1.54) is 17.6 Å². The number of amides is 1. The van der Waals surface area contributed by atoms with Crippen molar-refractivity contribution in [1.29, 1.82) is 0 Å². The molecule has 25 heavy (non-hydrogen) atoms. The summed E-state index contributed by atoms with van der Waals surface area (Å²) in [6, 6.07) is 3.68. The zero-order chi connectivity index (χ0) is 17.6. The van der Waals surface area contributed by atoms with Crippen LogP contribution in [-0.4, -0.2) is 45.2 Å². The fraction of sp³-hybridized carbons (Fsp3) is 0.250. The molecule has 3 heterocycles. The highest BCUT2D eigenvalue weighted by Gasteiger charge is 2.24. The SMILES string of the molecule is O=C(/C=C/c1cnc(N[C@@H]2CCN(c3ncccn3)C2)c(Cl)c1)NO. The summed E-state index contributed by atoms with van der Waals surface area (Å²) in [6.07, 6.45) is 8.68. The average molecular weight is 361 g/mol. The second-order valence-corrected chi connectivity index (χ2v) is 5.94. The molecule has 0 radical (unpaired) electrons. The van der Waals surface area contributed by atoms with E-state index < -0.39 is 5.91 Å². The van der Waals surface area contributed by atoms with E-state index in [4.69, 9.17) is 16.8 Å². The fourth-order valence-corrected chi connectivity index (χ4v) is 2.80.